The minimum Gasteiger partial charge on any atom is -0.454 e. The number of rotatable bonds is 2. The predicted molar refractivity (Wildman–Crippen MR) is 33.6 cm³/mol. The maximum absolute atomic E-state index is 10.3. The van der Waals surface area contributed by atoms with Gasteiger partial charge in [0.15, 0.2) is 0 Å². The highest BCUT2D eigenvalue weighted by Crippen LogP contribution is 1.84. The lowest BCUT2D eigenvalue weighted by Crippen LogP contribution is -2.28. The van der Waals surface area contributed by atoms with Crippen molar-refractivity contribution in [1.29, 1.82) is 0 Å². The van der Waals surface area contributed by atoms with Gasteiger partial charge in [-0.2, -0.15) is 0 Å². The molecule has 0 heterocycles. The molecule has 0 aliphatic heterocycles. The molecule has 0 unspecified atom stereocenters. The van der Waals surface area contributed by atoms with Crippen LogP contribution in [0.1, 0.15) is 6.92 Å². The summed E-state index contributed by atoms with van der Waals surface area (Å²) in [6.07, 6.45) is 0. The molecule has 0 aromatic rings. The molecule has 3 nitrogen and oxygen atoms in total. The lowest BCUT2D eigenvalue weighted by molar-refractivity contribution is -0.142. The van der Waals surface area contributed by atoms with Crippen LogP contribution in [0, 0.1) is 0 Å². The van der Waals surface area contributed by atoms with Crippen LogP contribution >= 0.6 is 12.6 Å². The van der Waals surface area contributed by atoms with Gasteiger partial charge in [0.05, 0.1) is 0 Å². The molecular formula is C4H9NO2S. The minimum absolute atomic E-state index is 0.0976. The predicted octanol–water partition coefficient (Wildman–Crippen LogP) is -0.236. The van der Waals surface area contributed by atoms with Crippen molar-refractivity contribution in [2.24, 2.45) is 5.73 Å². The van der Waals surface area contributed by atoms with Crippen molar-refractivity contribution in [3.8, 4) is 0 Å². The van der Waals surface area contributed by atoms with Crippen LogP contribution in [0.2, 0.25) is 0 Å². The lowest BCUT2D eigenvalue weighted by Gasteiger charge is -2.01. The Morgan fingerprint density at radius 1 is 2.00 bits per heavy atom. The maximum atomic E-state index is 10.3. The van der Waals surface area contributed by atoms with E-state index in [9.17, 15) is 4.79 Å². The van der Waals surface area contributed by atoms with Gasteiger partial charge in [0.25, 0.3) is 0 Å². The third kappa shape index (κ3) is 2.87. The molecule has 1 atom stereocenters. The lowest BCUT2D eigenvalue weighted by atomic mass is 10.4. The number of hydrogen-bond acceptors (Lipinski definition) is 4. The molecule has 0 spiro atoms. The highest BCUT2D eigenvalue weighted by Gasteiger charge is 2.05. The van der Waals surface area contributed by atoms with Crippen molar-refractivity contribution < 1.29 is 9.53 Å². The Morgan fingerprint density at radius 3 is 2.62 bits per heavy atom. The molecule has 0 rings (SSSR count). The number of hydrogen-bond donors (Lipinski definition) is 2. The van der Waals surface area contributed by atoms with Gasteiger partial charge in [0.2, 0.25) is 0 Å². The van der Waals surface area contributed by atoms with E-state index in [0.29, 0.717) is 0 Å². The molecule has 0 amide bonds. The number of carbonyl (C=O) groups excluding carboxylic acids is 1. The average Bonchev–Trinajstić information content (AvgIpc) is 1.67. The Kier molecular flexibility index (Phi) is 3.64. The zero-order valence-electron chi connectivity index (χ0n) is 4.63. The Balaban J connectivity index is 3.33. The maximum Gasteiger partial charge on any atom is 0.323 e. The fourth-order valence-electron chi connectivity index (χ4n) is 0.195. The zero-order valence-corrected chi connectivity index (χ0v) is 5.52. The van der Waals surface area contributed by atoms with Gasteiger partial charge in [-0.1, -0.05) is 0 Å². The first-order valence-electron chi connectivity index (χ1n) is 2.21. The smallest absolute Gasteiger partial charge is 0.323 e. The first-order valence-corrected chi connectivity index (χ1v) is 2.84. The van der Waals surface area contributed by atoms with E-state index in [1.165, 1.54) is 0 Å². The van der Waals surface area contributed by atoms with Gasteiger partial charge in [-0.15, -0.1) is 12.6 Å². The highest BCUT2D eigenvalue weighted by molar-refractivity contribution is 7.80. The molecule has 8 heavy (non-hydrogen) atoms. The average molecular weight is 135 g/mol. The standard InChI is InChI=1S/C4H9NO2S/c1-3(5)4(6)7-2-8/h3,8H,2,5H2,1H3/t3-/m0/s1. The Labute approximate surface area is 53.6 Å². The van der Waals surface area contributed by atoms with E-state index in [4.69, 9.17) is 5.73 Å². The number of nitrogens with two attached hydrogens (primary N) is 1. The van der Waals surface area contributed by atoms with Gasteiger partial charge in [-0.25, -0.2) is 0 Å². The second-order valence-electron chi connectivity index (χ2n) is 1.38. The van der Waals surface area contributed by atoms with Gasteiger partial charge in [-0.05, 0) is 6.92 Å². The van der Waals surface area contributed by atoms with Crippen LogP contribution in [-0.2, 0) is 9.53 Å². The second-order valence-corrected chi connectivity index (χ2v) is 1.64. The molecule has 48 valence electrons. The van der Waals surface area contributed by atoms with E-state index >= 15 is 0 Å². The van der Waals surface area contributed by atoms with E-state index in [2.05, 4.69) is 17.4 Å². The Hall–Kier alpha value is -0.220. The summed E-state index contributed by atoms with van der Waals surface area (Å²) in [5.74, 6) is -0.319. The van der Waals surface area contributed by atoms with Gasteiger partial charge < -0.3 is 10.5 Å². The van der Waals surface area contributed by atoms with E-state index in [1.807, 2.05) is 0 Å². The third-order valence-electron chi connectivity index (χ3n) is 0.579. The summed E-state index contributed by atoms with van der Waals surface area (Å²) < 4.78 is 4.40. The minimum atomic E-state index is -0.540. The van der Waals surface area contributed by atoms with E-state index < -0.39 is 12.0 Å². The van der Waals surface area contributed by atoms with Crippen LogP contribution in [0.5, 0.6) is 0 Å². The quantitative estimate of drug-likeness (QED) is 0.312. The van der Waals surface area contributed by atoms with Crippen molar-refractivity contribution in [2.75, 3.05) is 5.94 Å². The first kappa shape index (κ1) is 7.78. The van der Waals surface area contributed by atoms with Crippen molar-refractivity contribution >= 4 is 18.6 Å². The van der Waals surface area contributed by atoms with Crippen LogP contribution in [0.4, 0.5) is 0 Å². The fourth-order valence-corrected chi connectivity index (χ4v) is 0.322. The second kappa shape index (κ2) is 3.74. The molecule has 0 bridgehead atoms. The van der Waals surface area contributed by atoms with Crippen molar-refractivity contribution in [3.63, 3.8) is 0 Å². The van der Waals surface area contributed by atoms with Crippen LogP contribution in [0.25, 0.3) is 0 Å². The number of esters is 1. The zero-order chi connectivity index (χ0) is 6.57. The van der Waals surface area contributed by atoms with Crippen LogP contribution in [0.15, 0.2) is 0 Å². The van der Waals surface area contributed by atoms with E-state index in [-0.39, 0.29) is 5.94 Å². The van der Waals surface area contributed by atoms with Gasteiger partial charge >= 0.3 is 5.97 Å². The number of carbonyl (C=O) groups is 1. The molecule has 0 fully saturated rings. The number of thiol groups is 1. The summed E-state index contributed by atoms with van der Waals surface area (Å²) in [5.41, 5.74) is 5.11. The highest BCUT2D eigenvalue weighted by atomic mass is 32.1. The first-order chi connectivity index (χ1) is 3.68. The molecular weight excluding hydrogens is 126 g/mol. The molecule has 0 aliphatic rings. The summed E-state index contributed by atoms with van der Waals surface area (Å²) >= 11 is 3.66. The molecule has 0 radical (unpaired) electrons. The molecule has 0 aliphatic carbocycles. The SMILES string of the molecule is C[C@H](N)C(=O)OCS. The van der Waals surface area contributed by atoms with Crippen LogP contribution in [0.3, 0.4) is 0 Å². The van der Waals surface area contributed by atoms with E-state index in [0.717, 1.165) is 0 Å². The fraction of sp³-hybridized carbons (Fsp3) is 0.750. The van der Waals surface area contributed by atoms with Gasteiger partial charge in [0.1, 0.15) is 12.0 Å². The van der Waals surface area contributed by atoms with Gasteiger partial charge in [-0.3, -0.25) is 4.79 Å². The molecule has 4 heteroatoms. The van der Waals surface area contributed by atoms with E-state index in [1.54, 1.807) is 6.92 Å². The Morgan fingerprint density at radius 2 is 2.50 bits per heavy atom. The molecule has 0 aromatic heterocycles. The van der Waals surface area contributed by atoms with Crippen LogP contribution < -0.4 is 5.73 Å². The molecule has 0 saturated heterocycles. The summed E-state index contributed by atoms with van der Waals surface area (Å²) in [4.78, 5) is 10.3. The van der Waals surface area contributed by atoms with Gasteiger partial charge in [0, 0.05) is 0 Å². The third-order valence-corrected chi connectivity index (χ3v) is 0.708. The van der Waals surface area contributed by atoms with Crippen LogP contribution in [-0.4, -0.2) is 18.0 Å². The summed E-state index contributed by atoms with van der Waals surface area (Å²) in [6, 6.07) is -0.540. The summed E-state index contributed by atoms with van der Waals surface area (Å²) in [7, 11) is 0. The largest absolute Gasteiger partial charge is 0.454 e. The topological polar surface area (TPSA) is 52.3 Å². The summed E-state index contributed by atoms with van der Waals surface area (Å²) in [6.45, 7) is 1.56. The Bertz CT molecular complexity index is 84.1. The molecule has 0 aromatic carbocycles. The van der Waals surface area contributed by atoms with Crippen molar-refractivity contribution in [3.05, 3.63) is 0 Å². The van der Waals surface area contributed by atoms with Crippen molar-refractivity contribution in [2.45, 2.75) is 13.0 Å². The normalized spacial score (nSPS) is 12.9. The monoisotopic (exact) mass is 135 g/mol. The van der Waals surface area contributed by atoms with Crippen molar-refractivity contribution in [1.82, 2.24) is 0 Å². The molecule has 2 N–H and O–H groups in total. The molecule has 0 saturated carbocycles. The summed E-state index contributed by atoms with van der Waals surface area (Å²) in [5, 5.41) is 0. The number of ether oxygens (including phenoxy) is 1.